The molecule has 7 nitrogen and oxygen atoms in total. The third-order valence-corrected chi connectivity index (χ3v) is 6.15. The van der Waals surface area contributed by atoms with E-state index in [1.807, 2.05) is 58.3 Å². The van der Waals surface area contributed by atoms with Crippen LogP contribution >= 0.6 is 0 Å². The highest BCUT2D eigenvalue weighted by atomic mass is 16.5. The van der Waals surface area contributed by atoms with Crippen molar-refractivity contribution < 1.29 is 23.7 Å². The molecule has 0 radical (unpaired) electrons. The molecule has 2 fully saturated rings. The molecule has 0 saturated carbocycles. The van der Waals surface area contributed by atoms with Crippen molar-refractivity contribution in [2.24, 2.45) is 0 Å². The maximum atomic E-state index is 13.0. The van der Waals surface area contributed by atoms with E-state index in [4.69, 9.17) is 18.9 Å². The van der Waals surface area contributed by atoms with E-state index < -0.39 is 0 Å². The van der Waals surface area contributed by atoms with Gasteiger partial charge in [0.1, 0.15) is 35.2 Å². The second kappa shape index (κ2) is 10.5. The molecule has 0 unspecified atom stereocenters. The molecule has 2 amide bonds. The number of ether oxygens (including phenoxy) is 4. The van der Waals surface area contributed by atoms with Crippen LogP contribution < -0.4 is 18.9 Å². The molecule has 2 saturated heterocycles. The van der Waals surface area contributed by atoms with Crippen molar-refractivity contribution in [3.8, 4) is 23.0 Å². The minimum atomic E-state index is 0.135. The molecule has 2 aromatic carbocycles. The molecular formula is C25H32N2O5. The number of urea groups is 1. The summed E-state index contributed by atoms with van der Waals surface area (Å²) in [6.45, 7) is 2.90. The second-order valence-corrected chi connectivity index (χ2v) is 8.24. The molecule has 0 spiro atoms. The van der Waals surface area contributed by atoms with Gasteiger partial charge in [-0.1, -0.05) is 0 Å². The van der Waals surface area contributed by atoms with Gasteiger partial charge in [-0.25, -0.2) is 4.79 Å². The standard InChI is InChI=1S/C25H32N2O5/c1-29-19-3-7-21(8-4-19)31-23-11-15-26(16-12-23)25(28)27-17-13-24(14-18-27)32-22-9-5-20(30-2)6-10-22/h3-10,23-24H,11-18H2,1-2H3. The number of amides is 2. The summed E-state index contributed by atoms with van der Waals surface area (Å²) in [5, 5.41) is 0. The van der Waals surface area contributed by atoms with Gasteiger partial charge in [-0.3, -0.25) is 0 Å². The van der Waals surface area contributed by atoms with Crippen molar-refractivity contribution >= 4 is 6.03 Å². The van der Waals surface area contributed by atoms with Crippen molar-refractivity contribution in [2.45, 2.75) is 37.9 Å². The van der Waals surface area contributed by atoms with Gasteiger partial charge in [0, 0.05) is 51.9 Å². The fourth-order valence-corrected chi connectivity index (χ4v) is 4.22. The van der Waals surface area contributed by atoms with Crippen LogP contribution in [0.15, 0.2) is 48.5 Å². The molecular weight excluding hydrogens is 408 g/mol. The van der Waals surface area contributed by atoms with Crippen LogP contribution in [0.2, 0.25) is 0 Å². The number of methoxy groups -OCH3 is 2. The van der Waals surface area contributed by atoms with E-state index in [0.717, 1.165) is 74.9 Å². The zero-order valence-corrected chi connectivity index (χ0v) is 18.9. The topological polar surface area (TPSA) is 60.5 Å². The Morgan fingerprint density at radius 1 is 0.625 bits per heavy atom. The highest BCUT2D eigenvalue weighted by Crippen LogP contribution is 2.25. The fraction of sp³-hybridized carbons (Fsp3) is 0.480. The first-order chi connectivity index (χ1) is 15.6. The predicted molar refractivity (Wildman–Crippen MR) is 122 cm³/mol. The molecule has 2 aliphatic rings. The Bertz CT molecular complexity index is 783. The van der Waals surface area contributed by atoms with Gasteiger partial charge in [-0.15, -0.1) is 0 Å². The zero-order valence-electron chi connectivity index (χ0n) is 18.9. The van der Waals surface area contributed by atoms with Gasteiger partial charge in [0.2, 0.25) is 0 Å². The first kappa shape index (κ1) is 22.1. The Kier molecular flexibility index (Phi) is 7.24. The number of carbonyl (C=O) groups is 1. The molecule has 2 aliphatic heterocycles. The van der Waals surface area contributed by atoms with E-state index in [-0.39, 0.29) is 18.2 Å². The molecule has 32 heavy (non-hydrogen) atoms. The minimum Gasteiger partial charge on any atom is -0.497 e. The molecule has 0 aliphatic carbocycles. The Labute approximate surface area is 189 Å². The quantitative estimate of drug-likeness (QED) is 0.673. The van der Waals surface area contributed by atoms with Crippen LogP contribution in [0.3, 0.4) is 0 Å². The summed E-state index contributed by atoms with van der Waals surface area (Å²) in [6.07, 6.45) is 3.64. The molecule has 0 aromatic heterocycles. The predicted octanol–water partition coefficient (Wildman–Crippen LogP) is 4.21. The van der Waals surface area contributed by atoms with Crippen LogP contribution in [-0.4, -0.2) is 68.4 Å². The number of hydrogen-bond acceptors (Lipinski definition) is 5. The first-order valence-corrected chi connectivity index (χ1v) is 11.3. The van der Waals surface area contributed by atoms with Crippen molar-refractivity contribution in [3.63, 3.8) is 0 Å². The lowest BCUT2D eigenvalue weighted by molar-refractivity contribution is 0.0737. The number of rotatable bonds is 6. The normalized spacial score (nSPS) is 17.7. The summed E-state index contributed by atoms with van der Waals surface area (Å²) in [6, 6.07) is 15.4. The summed E-state index contributed by atoms with van der Waals surface area (Å²) in [5.74, 6) is 3.32. The largest absolute Gasteiger partial charge is 0.497 e. The maximum absolute atomic E-state index is 13.0. The summed E-state index contributed by atoms with van der Waals surface area (Å²) in [7, 11) is 3.30. The molecule has 0 atom stereocenters. The van der Waals surface area contributed by atoms with E-state index in [0.29, 0.717) is 0 Å². The van der Waals surface area contributed by atoms with Gasteiger partial charge in [0.05, 0.1) is 14.2 Å². The van der Waals surface area contributed by atoms with E-state index in [9.17, 15) is 4.79 Å². The summed E-state index contributed by atoms with van der Waals surface area (Å²) in [5.41, 5.74) is 0. The molecule has 4 rings (SSSR count). The van der Waals surface area contributed by atoms with Crippen LogP contribution in [0.4, 0.5) is 4.79 Å². The molecule has 172 valence electrons. The third kappa shape index (κ3) is 5.58. The van der Waals surface area contributed by atoms with Crippen molar-refractivity contribution in [3.05, 3.63) is 48.5 Å². The SMILES string of the molecule is COc1ccc(OC2CCN(C(=O)N3CCC(Oc4ccc(OC)cc4)CC3)CC2)cc1. The number of likely N-dealkylation sites (tertiary alicyclic amines) is 2. The first-order valence-electron chi connectivity index (χ1n) is 11.3. The average molecular weight is 441 g/mol. The molecule has 2 heterocycles. The van der Waals surface area contributed by atoms with E-state index >= 15 is 0 Å². The lowest BCUT2D eigenvalue weighted by atomic mass is 10.1. The Morgan fingerprint density at radius 2 is 0.938 bits per heavy atom. The lowest BCUT2D eigenvalue weighted by Gasteiger charge is -2.38. The third-order valence-electron chi connectivity index (χ3n) is 6.15. The average Bonchev–Trinajstić information content (AvgIpc) is 2.85. The van der Waals surface area contributed by atoms with Crippen molar-refractivity contribution in [2.75, 3.05) is 40.4 Å². The smallest absolute Gasteiger partial charge is 0.320 e. The van der Waals surface area contributed by atoms with Crippen LogP contribution in [0.1, 0.15) is 25.7 Å². The van der Waals surface area contributed by atoms with Gasteiger partial charge in [0.25, 0.3) is 0 Å². The highest BCUT2D eigenvalue weighted by Gasteiger charge is 2.30. The summed E-state index contributed by atoms with van der Waals surface area (Å²) >= 11 is 0. The Balaban J connectivity index is 1.19. The lowest BCUT2D eigenvalue weighted by Crippen LogP contribution is -2.51. The maximum Gasteiger partial charge on any atom is 0.320 e. The van der Waals surface area contributed by atoms with Crippen LogP contribution in [-0.2, 0) is 0 Å². The Morgan fingerprint density at radius 3 is 1.25 bits per heavy atom. The van der Waals surface area contributed by atoms with Crippen LogP contribution in [0.25, 0.3) is 0 Å². The zero-order chi connectivity index (χ0) is 22.3. The van der Waals surface area contributed by atoms with Gasteiger partial charge in [-0.2, -0.15) is 0 Å². The second-order valence-electron chi connectivity index (χ2n) is 8.24. The van der Waals surface area contributed by atoms with E-state index in [1.54, 1.807) is 14.2 Å². The number of carbonyl (C=O) groups excluding carboxylic acids is 1. The number of nitrogens with zero attached hydrogens (tertiary/aromatic N) is 2. The van der Waals surface area contributed by atoms with Crippen LogP contribution in [0.5, 0.6) is 23.0 Å². The summed E-state index contributed by atoms with van der Waals surface area (Å²) in [4.78, 5) is 16.9. The van der Waals surface area contributed by atoms with E-state index in [2.05, 4.69) is 0 Å². The molecule has 7 heteroatoms. The number of piperidine rings is 2. The van der Waals surface area contributed by atoms with Crippen molar-refractivity contribution in [1.82, 2.24) is 9.80 Å². The summed E-state index contributed by atoms with van der Waals surface area (Å²) < 4.78 is 22.5. The minimum absolute atomic E-state index is 0.135. The number of benzene rings is 2. The fourth-order valence-electron chi connectivity index (χ4n) is 4.22. The van der Waals surface area contributed by atoms with E-state index in [1.165, 1.54) is 0 Å². The highest BCUT2D eigenvalue weighted by molar-refractivity contribution is 5.74. The monoisotopic (exact) mass is 440 g/mol. The van der Waals surface area contributed by atoms with Gasteiger partial charge in [-0.05, 0) is 48.5 Å². The van der Waals surface area contributed by atoms with Crippen molar-refractivity contribution in [1.29, 1.82) is 0 Å². The van der Waals surface area contributed by atoms with Gasteiger partial charge >= 0.3 is 6.03 Å². The Hall–Kier alpha value is -3.09. The van der Waals surface area contributed by atoms with Gasteiger partial charge in [0.15, 0.2) is 0 Å². The van der Waals surface area contributed by atoms with Gasteiger partial charge < -0.3 is 28.7 Å². The van der Waals surface area contributed by atoms with Crippen LogP contribution in [0, 0.1) is 0 Å². The molecule has 0 bridgehead atoms. The molecule has 2 aromatic rings. The molecule has 0 N–H and O–H groups in total. The number of hydrogen-bond donors (Lipinski definition) is 0.